The average molecular weight is 499 g/mol. The Morgan fingerprint density at radius 1 is 0.909 bits per heavy atom. The summed E-state index contributed by atoms with van der Waals surface area (Å²) < 4.78 is 3.75. The molecule has 0 saturated heterocycles. The van der Waals surface area contributed by atoms with E-state index in [0.29, 0.717) is 34.1 Å². The highest BCUT2D eigenvalue weighted by Gasteiger charge is 2.16. The van der Waals surface area contributed by atoms with E-state index < -0.39 is 0 Å². The van der Waals surface area contributed by atoms with Gasteiger partial charge in [-0.15, -0.1) is 0 Å². The lowest BCUT2D eigenvalue weighted by atomic mass is 10.1. The monoisotopic (exact) mass is 498 g/mol. The van der Waals surface area contributed by atoms with E-state index in [9.17, 15) is 0 Å². The summed E-state index contributed by atoms with van der Waals surface area (Å²) in [4.78, 5) is 0. The second kappa shape index (κ2) is 9.95. The highest BCUT2D eigenvalue weighted by atomic mass is 35.5. The van der Waals surface area contributed by atoms with Crippen LogP contribution in [0.4, 0.5) is 11.5 Å². The van der Waals surface area contributed by atoms with Crippen LogP contribution >= 0.6 is 35.4 Å². The van der Waals surface area contributed by atoms with E-state index in [0.717, 1.165) is 22.6 Å². The predicted octanol–water partition coefficient (Wildman–Crippen LogP) is 6.22. The number of aryl methyl sites for hydroxylation is 2. The molecule has 2 aromatic carbocycles. The molecule has 0 aliphatic rings. The van der Waals surface area contributed by atoms with Crippen LogP contribution in [-0.2, 0) is 13.1 Å². The van der Waals surface area contributed by atoms with E-state index in [4.69, 9.17) is 35.4 Å². The number of aromatic nitrogens is 4. The van der Waals surface area contributed by atoms with Gasteiger partial charge in [0.15, 0.2) is 10.9 Å². The van der Waals surface area contributed by atoms with E-state index >= 15 is 0 Å². The Morgan fingerprint density at radius 2 is 1.64 bits per heavy atom. The summed E-state index contributed by atoms with van der Waals surface area (Å²) in [5.41, 5.74) is 5.89. The number of nitrogens with one attached hydrogen (secondary N) is 2. The summed E-state index contributed by atoms with van der Waals surface area (Å²) in [6, 6.07) is 15.7. The first-order chi connectivity index (χ1) is 15.8. The fraction of sp³-hybridized carbons (Fsp3) is 0.208. The van der Waals surface area contributed by atoms with Crippen LogP contribution < -0.4 is 10.6 Å². The van der Waals surface area contributed by atoms with Crippen LogP contribution in [0, 0.1) is 20.8 Å². The number of hydrogen-bond donors (Lipinski definition) is 2. The average Bonchev–Trinajstić information content (AvgIpc) is 3.31. The van der Waals surface area contributed by atoms with Crippen molar-refractivity contribution in [2.75, 3.05) is 10.6 Å². The highest BCUT2D eigenvalue weighted by molar-refractivity contribution is 7.80. The van der Waals surface area contributed by atoms with Crippen molar-refractivity contribution < 1.29 is 0 Å². The van der Waals surface area contributed by atoms with Crippen molar-refractivity contribution in [3.05, 3.63) is 92.9 Å². The van der Waals surface area contributed by atoms with Gasteiger partial charge >= 0.3 is 0 Å². The van der Waals surface area contributed by atoms with E-state index in [2.05, 4.69) is 39.9 Å². The van der Waals surface area contributed by atoms with Crippen LogP contribution in [0.2, 0.25) is 10.0 Å². The van der Waals surface area contributed by atoms with Crippen molar-refractivity contribution in [1.29, 1.82) is 0 Å². The van der Waals surface area contributed by atoms with Crippen LogP contribution in [-0.4, -0.2) is 24.7 Å². The molecule has 2 aromatic heterocycles. The Balaban J connectivity index is 1.43. The molecule has 2 N–H and O–H groups in total. The van der Waals surface area contributed by atoms with Crippen molar-refractivity contribution in [1.82, 2.24) is 19.6 Å². The Bertz CT molecular complexity index is 1290. The van der Waals surface area contributed by atoms with Crippen LogP contribution in [0.25, 0.3) is 0 Å². The minimum Gasteiger partial charge on any atom is -0.329 e. The van der Waals surface area contributed by atoms with Crippen molar-refractivity contribution in [3.8, 4) is 0 Å². The summed E-state index contributed by atoms with van der Waals surface area (Å²) >= 11 is 18.2. The minimum absolute atomic E-state index is 0.442. The number of anilines is 2. The number of thiocarbonyl (C=S) groups is 1. The maximum absolute atomic E-state index is 6.33. The zero-order valence-corrected chi connectivity index (χ0v) is 20.9. The first-order valence-corrected chi connectivity index (χ1v) is 11.6. The Morgan fingerprint density at radius 3 is 2.36 bits per heavy atom. The van der Waals surface area contributed by atoms with Crippen LogP contribution in [0.15, 0.2) is 54.7 Å². The molecule has 170 valence electrons. The minimum atomic E-state index is 0.442. The van der Waals surface area contributed by atoms with E-state index in [-0.39, 0.29) is 0 Å². The van der Waals surface area contributed by atoms with Gasteiger partial charge in [0.05, 0.1) is 30.2 Å². The molecule has 0 fully saturated rings. The summed E-state index contributed by atoms with van der Waals surface area (Å²) in [6.45, 7) is 7.17. The zero-order valence-electron chi connectivity index (χ0n) is 18.6. The van der Waals surface area contributed by atoms with E-state index in [1.165, 1.54) is 11.1 Å². The smallest absolute Gasteiger partial charge is 0.176 e. The normalized spacial score (nSPS) is 10.9. The van der Waals surface area contributed by atoms with Crippen molar-refractivity contribution in [2.45, 2.75) is 33.9 Å². The van der Waals surface area contributed by atoms with E-state index in [1.54, 1.807) is 0 Å². The lowest BCUT2D eigenvalue weighted by Crippen LogP contribution is -2.20. The standard InChI is InChI=1S/C24H24Cl2N6S/c1-15-7-4-5-8-18(15)13-31-12-11-22(30-31)27-24(33)28-23-16(2)29-32(17(23)3)14-19-20(25)9-6-10-21(19)26/h4-12H,13-14H2,1-3H3,(H2,27,28,30,33). The maximum atomic E-state index is 6.33. The molecule has 4 aromatic rings. The fourth-order valence-corrected chi connectivity index (χ4v) is 4.33. The maximum Gasteiger partial charge on any atom is 0.176 e. The van der Waals surface area contributed by atoms with Crippen molar-refractivity contribution in [3.63, 3.8) is 0 Å². The molecule has 0 aliphatic carbocycles. The van der Waals surface area contributed by atoms with Gasteiger partial charge in [-0.2, -0.15) is 10.2 Å². The number of benzene rings is 2. The second-order valence-electron chi connectivity index (χ2n) is 7.81. The van der Waals surface area contributed by atoms with Crippen LogP contribution in [0.5, 0.6) is 0 Å². The molecule has 0 spiro atoms. The fourth-order valence-electron chi connectivity index (χ4n) is 3.60. The third-order valence-corrected chi connectivity index (χ3v) is 6.38. The summed E-state index contributed by atoms with van der Waals surface area (Å²) in [7, 11) is 0. The molecular weight excluding hydrogens is 475 g/mol. The van der Waals surface area contributed by atoms with Crippen LogP contribution in [0.3, 0.4) is 0 Å². The van der Waals surface area contributed by atoms with Gasteiger partial charge in [0.25, 0.3) is 0 Å². The van der Waals surface area contributed by atoms with Gasteiger partial charge in [0.2, 0.25) is 0 Å². The first kappa shape index (κ1) is 23.3. The molecule has 0 amide bonds. The molecular formula is C24H24Cl2N6S. The van der Waals surface area contributed by atoms with Gasteiger partial charge in [-0.05, 0) is 56.2 Å². The van der Waals surface area contributed by atoms with Gasteiger partial charge in [-0.3, -0.25) is 9.36 Å². The van der Waals surface area contributed by atoms with Gasteiger partial charge in [0.1, 0.15) is 0 Å². The second-order valence-corrected chi connectivity index (χ2v) is 9.03. The van der Waals surface area contributed by atoms with Crippen LogP contribution in [0.1, 0.15) is 28.1 Å². The third kappa shape index (κ3) is 5.38. The first-order valence-electron chi connectivity index (χ1n) is 10.4. The molecule has 2 heterocycles. The number of rotatable bonds is 6. The highest BCUT2D eigenvalue weighted by Crippen LogP contribution is 2.27. The molecule has 0 aliphatic heterocycles. The summed E-state index contributed by atoms with van der Waals surface area (Å²) in [5.74, 6) is 0.673. The molecule has 0 saturated carbocycles. The quantitative estimate of drug-likeness (QED) is 0.309. The Labute approximate surface area is 208 Å². The molecule has 4 rings (SSSR count). The Kier molecular flexibility index (Phi) is 7.02. The molecule has 33 heavy (non-hydrogen) atoms. The number of nitrogens with zero attached hydrogens (tertiary/aromatic N) is 4. The van der Waals surface area contributed by atoms with Gasteiger partial charge < -0.3 is 10.6 Å². The topological polar surface area (TPSA) is 59.7 Å². The molecule has 0 atom stereocenters. The number of hydrogen-bond acceptors (Lipinski definition) is 3. The van der Waals surface area contributed by atoms with E-state index in [1.807, 2.05) is 65.8 Å². The van der Waals surface area contributed by atoms with Gasteiger partial charge in [-0.1, -0.05) is 53.5 Å². The largest absolute Gasteiger partial charge is 0.329 e. The third-order valence-electron chi connectivity index (χ3n) is 5.47. The van der Waals surface area contributed by atoms with Crippen molar-refractivity contribution >= 4 is 52.0 Å². The Hall–Kier alpha value is -2.87. The number of halogens is 2. The summed E-state index contributed by atoms with van der Waals surface area (Å²) in [5, 5.41) is 17.3. The lowest BCUT2D eigenvalue weighted by molar-refractivity contribution is 0.659. The molecule has 6 nitrogen and oxygen atoms in total. The molecule has 9 heteroatoms. The SMILES string of the molecule is Cc1ccccc1Cn1ccc(NC(=S)Nc2c(C)nn(Cc3c(Cl)cccc3Cl)c2C)n1. The van der Waals surface area contributed by atoms with Gasteiger partial charge in [0, 0.05) is 27.9 Å². The van der Waals surface area contributed by atoms with Crippen molar-refractivity contribution in [2.24, 2.45) is 0 Å². The summed E-state index contributed by atoms with van der Waals surface area (Å²) in [6.07, 6.45) is 1.93. The predicted molar refractivity (Wildman–Crippen MR) is 140 cm³/mol. The molecule has 0 unspecified atom stereocenters. The zero-order chi connectivity index (χ0) is 23.5. The lowest BCUT2D eigenvalue weighted by Gasteiger charge is -2.11. The molecule has 0 radical (unpaired) electrons. The molecule has 0 bridgehead atoms. The van der Waals surface area contributed by atoms with Gasteiger partial charge in [-0.25, -0.2) is 0 Å².